The van der Waals surface area contributed by atoms with Crippen LogP contribution >= 0.6 is 0 Å². The Kier molecular flexibility index (Phi) is 6.35. The van der Waals surface area contributed by atoms with Gasteiger partial charge in [-0.2, -0.15) is 4.98 Å². The Hall–Kier alpha value is -3.15. The number of rotatable bonds is 8. The fourth-order valence-corrected chi connectivity index (χ4v) is 3.73. The van der Waals surface area contributed by atoms with Crippen LogP contribution in [0.3, 0.4) is 0 Å². The lowest BCUT2D eigenvalue weighted by atomic mass is 10.0. The van der Waals surface area contributed by atoms with E-state index in [0.29, 0.717) is 37.2 Å². The van der Waals surface area contributed by atoms with Crippen molar-refractivity contribution in [1.29, 1.82) is 0 Å². The van der Waals surface area contributed by atoms with Crippen LogP contribution in [-0.4, -0.2) is 29.2 Å². The van der Waals surface area contributed by atoms with E-state index in [1.807, 2.05) is 41.3 Å². The first-order valence-corrected chi connectivity index (χ1v) is 11.0. The maximum absolute atomic E-state index is 12.7. The number of benzene rings is 2. The van der Waals surface area contributed by atoms with E-state index < -0.39 is 0 Å². The first-order chi connectivity index (χ1) is 15.0. The molecule has 6 nitrogen and oxygen atoms in total. The molecular weight excluding hydrogens is 390 g/mol. The van der Waals surface area contributed by atoms with Crippen molar-refractivity contribution in [3.63, 3.8) is 0 Å². The SMILES string of the molecule is CCCCOc1ccc(-c2noc(C3CC(=O)N(c4cccc(C(C)C)c4)C3)n2)cc1. The van der Waals surface area contributed by atoms with Crippen molar-refractivity contribution >= 4 is 11.6 Å². The molecule has 6 heteroatoms. The summed E-state index contributed by atoms with van der Waals surface area (Å²) in [6, 6.07) is 15.9. The highest BCUT2D eigenvalue weighted by Gasteiger charge is 2.35. The molecule has 3 aromatic rings. The molecule has 0 aliphatic carbocycles. The molecule has 1 aromatic heterocycles. The third-order valence-electron chi connectivity index (χ3n) is 5.64. The van der Waals surface area contributed by atoms with Crippen molar-refractivity contribution in [3.8, 4) is 17.1 Å². The molecule has 2 aromatic carbocycles. The largest absolute Gasteiger partial charge is 0.494 e. The summed E-state index contributed by atoms with van der Waals surface area (Å²) >= 11 is 0. The van der Waals surface area contributed by atoms with E-state index in [4.69, 9.17) is 9.26 Å². The number of hydrogen-bond acceptors (Lipinski definition) is 5. The van der Waals surface area contributed by atoms with Gasteiger partial charge in [0.25, 0.3) is 0 Å². The van der Waals surface area contributed by atoms with Gasteiger partial charge in [-0.3, -0.25) is 4.79 Å². The molecule has 0 bridgehead atoms. The van der Waals surface area contributed by atoms with Crippen LogP contribution in [0.2, 0.25) is 0 Å². The Morgan fingerprint density at radius 2 is 2.00 bits per heavy atom. The Balaban J connectivity index is 1.45. The summed E-state index contributed by atoms with van der Waals surface area (Å²) in [7, 11) is 0. The van der Waals surface area contributed by atoms with Crippen LogP contribution in [0.5, 0.6) is 5.75 Å². The molecule has 2 heterocycles. The maximum atomic E-state index is 12.7. The van der Waals surface area contributed by atoms with Gasteiger partial charge in [-0.25, -0.2) is 0 Å². The molecule has 0 N–H and O–H groups in total. The Bertz CT molecular complexity index is 1030. The van der Waals surface area contributed by atoms with Gasteiger partial charge in [0.2, 0.25) is 17.6 Å². The third-order valence-corrected chi connectivity index (χ3v) is 5.64. The van der Waals surface area contributed by atoms with Crippen LogP contribution in [0, 0.1) is 0 Å². The first kappa shape index (κ1) is 21.1. The monoisotopic (exact) mass is 419 g/mol. The van der Waals surface area contributed by atoms with E-state index in [0.717, 1.165) is 29.8 Å². The molecule has 1 saturated heterocycles. The van der Waals surface area contributed by atoms with Gasteiger partial charge < -0.3 is 14.2 Å². The van der Waals surface area contributed by atoms with E-state index in [1.165, 1.54) is 5.56 Å². The fourth-order valence-electron chi connectivity index (χ4n) is 3.73. The topological polar surface area (TPSA) is 68.5 Å². The minimum absolute atomic E-state index is 0.0826. The summed E-state index contributed by atoms with van der Waals surface area (Å²) in [5.74, 6) is 2.27. The lowest BCUT2D eigenvalue weighted by Crippen LogP contribution is -2.24. The Labute approximate surface area is 183 Å². The summed E-state index contributed by atoms with van der Waals surface area (Å²) in [6.45, 7) is 7.70. The molecule has 1 fully saturated rings. The average molecular weight is 420 g/mol. The van der Waals surface area contributed by atoms with Crippen LogP contribution in [0.4, 0.5) is 5.69 Å². The number of aromatic nitrogens is 2. The lowest BCUT2D eigenvalue weighted by molar-refractivity contribution is -0.117. The van der Waals surface area contributed by atoms with Gasteiger partial charge in [0.05, 0.1) is 12.5 Å². The summed E-state index contributed by atoms with van der Waals surface area (Å²) in [6.07, 6.45) is 2.51. The van der Waals surface area contributed by atoms with Crippen molar-refractivity contribution in [2.24, 2.45) is 0 Å². The van der Waals surface area contributed by atoms with E-state index in [9.17, 15) is 4.79 Å². The number of ether oxygens (including phenoxy) is 1. The van der Waals surface area contributed by atoms with Crippen molar-refractivity contribution < 1.29 is 14.1 Å². The van der Waals surface area contributed by atoms with Crippen molar-refractivity contribution in [3.05, 3.63) is 60.0 Å². The molecule has 162 valence electrons. The zero-order valence-electron chi connectivity index (χ0n) is 18.4. The molecule has 31 heavy (non-hydrogen) atoms. The highest BCUT2D eigenvalue weighted by molar-refractivity contribution is 5.96. The molecule has 4 rings (SSSR count). The van der Waals surface area contributed by atoms with Crippen LogP contribution in [0.1, 0.15) is 63.3 Å². The number of amides is 1. The summed E-state index contributed by atoms with van der Waals surface area (Å²) in [4.78, 5) is 19.1. The van der Waals surface area contributed by atoms with Gasteiger partial charge in [0.1, 0.15) is 5.75 Å². The quantitative estimate of drug-likeness (QED) is 0.447. The third kappa shape index (κ3) is 4.79. The minimum Gasteiger partial charge on any atom is -0.494 e. The second-order valence-electron chi connectivity index (χ2n) is 8.34. The number of carbonyl (C=O) groups is 1. The number of unbranched alkanes of at least 4 members (excludes halogenated alkanes) is 1. The summed E-state index contributed by atoms with van der Waals surface area (Å²) in [5, 5.41) is 4.14. The number of nitrogens with zero attached hydrogens (tertiary/aromatic N) is 3. The van der Waals surface area contributed by atoms with Crippen molar-refractivity contribution in [1.82, 2.24) is 10.1 Å². The van der Waals surface area contributed by atoms with Gasteiger partial charge in [-0.15, -0.1) is 0 Å². The Morgan fingerprint density at radius 3 is 2.74 bits per heavy atom. The summed E-state index contributed by atoms with van der Waals surface area (Å²) in [5.41, 5.74) is 3.01. The fraction of sp³-hybridized carbons (Fsp3) is 0.400. The van der Waals surface area contributed by atoms with Crippen LogP contribution in [-0.2, 0) is 4.79 Å². The van der Waals surface area contributed by atoms with Crippen LogP contribution < -0.4 is 9.64 Å². The molecule has 1 amide bonds. The van der Waals surface area contributed by atoms with Gasteiger partial charge in [-0.05, 0) is 54.3 Å². The molecule has 0 radical (unpaired) electrons. The van der Waals surface area contributed by atoms with Crippen LogP contribution in [0.15, 0.2) is 53.1 Å². The number of hydrogen-bond donors (Lipinski definition) is 0. The van der Waals surface area contributed by atoms with Crippen molar-refractivity contribution in [2.75, 3.05) is 18.1 Å². The van der Waals surface area contributed by atoms with Gasteiger partial charge >= 0.3 is 0 Å². The zero-order valence-corrected chi connectivity index (χ0v) is 18.4. The molecule has 1 aliphatic rings. The normalized spacial score (nSPS) is 16.3. The van der Waals surface area contributed by atoms with E-state index in [1.54, 1.807) is 0 Å². The van der Waals surface area contributed by atoms with E-state index >= 15 is 0 Å². The van der Waals surface area contributed by atoms with Gasteiger partial charge in [-0.1, -0.05) is 44.5 Å². The van der Waals surface area contributed by atoms with Gasteiger partial charge in [0, 0.05) is 24.2 Å². The molecule has 1 atom stereocenters. The number of carbonyl (C=O) groups excluding carboxylic acids is 1. The van der Waals surface area contributed by atoms with Crippen LogP contribution in [0.25, 0.3) is 11.4 Å². The predicted molar refractivity (Wildman–Crippen MR) is 120 cm³/mol. The summed E-state index contributed by atoms with van der Waals surface area (Å²) < 4.78 is 11.2. The molecule has 1 aliphatic heterocycles. The van der Waals surface area contributed by atoms with E-state index in [-0.39, 0.29) is 11.8 Å². The predicted octanol–water partition coefficient (Wildman–Crippen LogP) is 5.56. The van der Waals surface area contributed by atoms with Crippen molar-refractivity contribution in [2.45, 2.75) is 51.9 Å². The molecule has 0 saturated carbocycles. The second-order valence-corrected chi connectivity index (χ2v) is 8.34. The average Bonchev–Trinajstić information content (AvgIpc) is 3.41. The zero-order chi connectivity index (χ0) is 21.8. The molecule has 1 unspecified atom stereocenters. The van der Waals surface area contributed by atoms with E-state index in [2.05, 4.69) is 43.0 Å². The minimum atomic E-state index is -0.104. The van der Waals surface area contributed by atoms with Gasteiger partial charge in [0.15, 0.2) is 0 Å². The smallest absolute Gasteiger partial charge is 0.232 e. The second kappa shape index (κ2) is 9.33. The first-order valence-electron chi connectivity index (χ1n) is 11.0. The Morgan fingerprint density at radius 1 is 1.19 bits per heavy atom. The lowest BCUT2D eigenvalue weighted by Gasteiger charge is -2.18. The maximum Gasteiger partial charge on any atom is 0.232 e. The molecular formula is C25H29N3O3. The molecule has 0 spiro atoms. The highest BCUT2D eigenvalue weighted by Crippen LogP contribution is 2.33. The number of anilines is 1. The standard InChI is InChI=1S/C25H29N3O3/c1-4-5-13-30-22-11-9-18(10-12-22)24-26-25(31-27-24)20-15-23(29)28(16-20)21-8-6-7-19(14-21)17(2)3/h6-12,14,17,20H,4-5,13,15-16H2,1-3H3. The highest BCUT2D eigenvalue weighted by atomic mass is 16.5.